The lowest BCUT2D eigenvalue weighted by Crippen LogP contribution is -2.49. The van der Waals surface area contributed by atoms with E-state index in [9.17, 15) is 9.59 Å². The molecule has 2 aliphatic rings. The van der Waals surface area contributed by atoms with Crippen LogP contribution in [0.3, 0.4) is 0 Å². The highest BCUT2D eigenvalue weighted by atomic mass is 16.2. The molecule has 4 nitrogen and oxygen atoms in total. The molecule has 2 amide bonds. The highest BCUT2D eigenvalue weighted by Gasteiger charge is 2.22. The summed E-state index contributed by atoms with van der Waals surface area (Å²) in [5.74, 6) is 0.539. The molecule has 1 heterocycles. The Morgan fingerprint density at radius 3 is 2.48 bits per heavy atom. The fourth-order valence-electron chi connectivity index (χ4n) is 3.33. The molecule has 1 N–H and O–H groups in total. The minimum absolute atomic E-state index is 0.0416. The van der Waals surface area contributed by atoms with Crippen LogP contribution in [0.5, 0.6) is 0 Å². The Hall–Kier alpha value is -1.84. The third-order valence-electron chi connectivity index (χ3n) is 4.56. The highest BCUT2D eigenvalue weighted by molar-refractivity contribution is 5.97. The van der Waals surface area contributed by atoms with Crippen molar-refractivity contribution in [2.24, 2.45) is 0 Å². The summed E-state index contributed by atoms with van der Waals surface area (Å²) in [4.78, 5) is 25.4. The van der Waals surface area contributed by atoms with Crippen molar-refractivity contribution in [3.05, 3.63) is 35.4 Å². The van der Waals surface area contributed by atoms with E-state index in [-0.39, 0.29) is 18.4 Å². The molecule has 1 saturated heterocycles. The molecule has 0 atom stereocenters. The Bertz CT molecular complexity index is 518. The van der Waals surface area contributed by atoms with Gasteiger partial charge in [0.2, 0.25) is 5.91 Å². The van der Waals surface area contributed by atoms with Crippen molar-refractivity contribution in [1.82, 2.24) is 10.2 Å². The Labute approximate surface area is 125 Å². The molecule has 0 unspecified atom stereocenters. The van der Waals surface area contributed by atoms with Gasteiger partial charge in [-0.25, -0.2) is 0 Å². The molecule has 1 saturated carbocycles. The second-order valence-electron chi connectivity index (χ2n) is 6.03. The average Bonchev–Trinajstić information content (AvgIpc) is 2.55. The minimum atomic E-state index is -0.0755. The smallest absolute Gasteiger partial charge is 0.254 e. The van der Waals surface area contributed by atoms with Crippen LogP contribution < -0.4 is 5.32 Å². The standard InChI is InChI=1S/C17H22N2O2/c20-16-12-19(11-10-18-16)17(21)15-8-6-14(7-9-15)13-4-2-1-3-5-13/h6-9,13H,1-5,10-12H2,(H,18,20). The SMILES string of the molecule is O=C1CN(C(=O)c2ccc(C3CCCCC3)cc2)CCN1. The Balaban J connectivity index is 1.68. The van der Waals surface area contributed by atoms with Crippen LogP contribution in [-0.4, -0.2) is 36.3 Å². The maximum atomic E-state index is 12.4. The van der Waals surface area contributed by atoms with Crippen LogP contribution in [0.25, 0.3) is 0 Å². The monoisotopic (exact) mass is 286 g/mol. The largest absolute Gasteiger partial charge is 0.353 e. The van der Waals surface area contributed by atoms with Crippen molar-refractivity contribution >= 4 is 11.8 Å². The van der Waals surface area contributed by atoms with Crippen LogP contribution in [0.15, 0.2) is 24.3 Å². The minimum Gasteiger partial charge on any atom is -0.353 e. The molecule has 1 aromatic carbocycles. The van der Waals surface area contributed by atoms with Crippen LogP contribution in [0.4, 0.5) is 0 Å². The van der Waals surface area contributed by atoms with Crippen molar-refractivity contribution in [3.63, 3.8) is 0 Å². The van der Waals surface area contributed by atoms with Crippen LogP contribution in [-0.2, 0) is 4.79 Å². The van der Waals surface area contributed by atoms with Gasteiger partial charge in [-0.1, -0.05) is 31.4 Å². The van der Waals surface area contributed by atoms with Gasteiger partial charge in [0.15, 0.2) is 0 Å². The summed E-state index contributed by atoms with van der Waals surface area (Å²) in [7, 11) is 0. The fraction of sp³-hybridized carbons (Fsp3) is 0.529. The number of nitrogens with one attached hydrogen (secondary N) is 1. The predicted octanol–water partition coefficient (Wildman–Crippen LogP) is 2.31. The van der Waals surface area contributed by atoms with Crippen LogP contribution >= 0.6 is 0 Å². The Morgan fingerprint density at radius 1 is 1.10 bits per heavy atom. The van der Waals surface area contributed by atoms with Gasteiger partial charge in [-0.05, 0) is 36.5 Å². The van der Waals surface area contributed by atoms with Gasteiger partial charge in [0.05, 0.1) is 6.54 Å². The lowest BCUT2D eigenvalue weighted by Gasteiger charge is -2.27. The van der Waals surface area contributed by atoms with Crippen LogP contribution in [0, 0.1) is 0 Å². The van der Waals surface area contributed by atoms with E-state index < -0.39 is 0 Å². The zero-order valence-corrected chi connectivity index (χ0v) is 12.3. The van der Waals surface area contributed by atoms with E-state index in [1.807, 2.05) is 12.1 Å². The van der Waals surface area contributed by atoms with E-state index in [2.05, 4.69) is 17.4 Å². The number of carbonyl (C=O) groups is 2. The first-order chi connectivity index (χ1) is 10.2. The average molecular weight is 286 g/mol. The first-order valence-electron chi connectivity index (χ1n) is 7.90. The molecule has 1 aromatic rings. The summed E-state index contributed by atoms with van der Waals surface area (Å²) in [5, 5.41) is 2.74. The van der Waals surface area contributed by atoms with Crippen molar-refractivity contribution in [1.29, 1.82) is 0 Å². The number of benzene rings is 1. The van der Waals surface area contributed by atoms with Gasteiger partial charge in [-0.15, -0.1) is 0 Å². The summed E-state index contributed by atoms with van der Waals surface area (Å²) < 4.78 is 0. The summed E-state index contributed by atoms with van der Waals surface area (Å²) in [6.45, 7) is 1.31. The third-order valence-corrected chi connectivity index (χ3v) is 4.56. The van der Waals surface area contributed by atoms with Gasteiger partial charge in [0.1, 0.15) is 0 Å². The molecule has 1 aliphatic carbocycles. The third kappa shape index (κ3) is 3.26. The van der Waals surface area contributed by atoms with E-state index in [1.54, 1.807) is 4.90 Å². The zero-order chi connectivity index (χ0) is 14.7. The normalized spacial score (nSPS) is 20.2. The number of amides is 2. The second kappa shape index (κ2) is 6.29. The lowest BCUT2D eigenvalue weighted by molar-refractivity contribution is -0.123. The molecule has 1 aliphatic heterocycles. The van der Waals surface area contributed by atoms with Gasteiger partial charge in [0, 0.05) is 18.7 Å². The Kier molecular flexibility index (Phi) is 4.23. The maximum Gasteiger partial charge on any atom is 0.254 e. The molecule has 2 fully saturated rings. The summed E-state index contributed by atoms with van der Waals surface area (Å²) in [6.07, 6.45) is 6.51. The molecule has 0 aromatic heterocycles. The van der Waals surface area contributed by atoms with Crippen LogP contribution in [0.2, 0.25) is 0 Å². The van der Waals surface area contributed by atoms with Crippen molar-refractivity contribution in [2.45, 2.75) is 38.0 Å². The fourth-order valence-corrected chi connectivity index (χ4v) is 3.33. The first kappa shape index (κ1) is 14.1. The topological polar surface area (TPSA) is 49.4 Å². The van der Waals surface area contributed by atoms with Crippen molar-refractivity contribution < 1.29 is 9.59 Å². The molecular formula is C17H22N2O2. The van der Waals surface area contributed by atoms with E-state index in [1.165, 1.54) is 37.7 Å². The van der Waals surface area contributed by atoms with Gasteiger partial charge in [-0.3, -0.25) is 9.59 Å². The number of rotatable bonds is 2. The summed E-state index contributed by atoms with van der Waals surface area (Å²) in [5.41, 5.74) is 2.03. The van der Waals surface area contributed by atoms with Gasteiger partial charge >= 0.3 is 0 Å². The summed E-state index contributed by atoms with van der Waals surface area (Å²) >= 11 is 0. The molecule has 0 spiro atoms. The van der Waals surface area contributed by atoms with E-state index in [4.69, 9.17) is 0 Å². The molecular weight excluding hydrogens is 264 g/mol. The lowest BCUT2D eigenvalue weighted by atomic mass is 9.84. The molecule has 3 rings (SSSR count). The number of piperazine rings is 1. The number of carbonyl (C=O) groups excluding carboxylic acids is 2. The zero-order valence-electron chi connectivity index (χ0n) is 12.3. The van der Waals surface area contributed by atoms with Crippen molar-refractivity contribution in [3.8, 4) is 0 Å². The molecule has 21 heavy (non-hydrogen) atoms. The quantitative estimate of drug-likeness (QED) is 0.907. The number of hydrogen-bond acceptors (Lipinski definition) is 2. The van der Waals surface area contributed by atoms with Crippen molar-refractivity contribution in [2.75, 3.05) is 19.6 Å². The van der Waals surface area contributed by atoms with Crippen LogP contribution in [0.1, 0.15) is 53.9 Å². The van der Waals surface area contributed by atoms with Gasteiger partial charge < -0.3 is 10.2 Å². The predicted molar refractivity (Wildman–Crippen MR) is 81.2 cm³/mol. The molecule has 0 bridgehead atoms. The second-order valence-corrected chi connectivity index (χ2v) is 6.03. The van der Waals surface area contributed by atoms with Gasteiger partial charge in [-0.2, -0.15) is 0 Å². The number of hydrogen-bond donors (Lipinski definition) is 1. The molecule has 112 valence electrons. The van der Waals surface area contributed by atoms with Gasteiger partial charge in [0.25, 0.3) is 5.91 Å². The Morgan fingerprint density at radius 2 is 1.81 bits per heavy atom. The molecule has 0 radical (unpaired) electrons. The number of nitrogens with zero attached hydrogens (tertiary/aromatic N) is 1. The van der Waals surface area contributed by atoms with E-state index in [0.717, 1.165) is 0 Å². The maximum absolute atomic E-state index is 12.4. The van der Waals surface area contributed by atoms with E-state index >= 15 is 0 Å². The molecule has 4 heteroatoms. The first-order valence-corrected chi connectivity index (χ1v) is 7.90. The summed E-state index contributed by atoms with van der Waals surface area (Å²) in [6, 6.07) is 8.01. The highest BCUT2D eigenvalue weighted by Crippen LogP contribution is 2.32. The van der Waals surface area contributed by atoms with E-state index in [0.29, 0.717) is 24.6 Å².